The summed E-state index contributed by atoms with van der Waals surface area (Å²) in [7, 11) is 0. The zero-order valence-electron chi connectivity index (χ0n) is 68.5. The molecule has 0 amide bonds. The molecule has 4 saturated heterocycles. The van der Waals surface area contributed by atoms with Crippen molar-refractivity contribution in [2.75, 3.05) is 174 Å². The predicted molar refractivity (Wildman–Crippen MR) is 464 cm³/mol. The van der Waals surface area contributed by atoms with Crippen LogP contribution in [0.2, 0.25) is 5.28 Å². The second-order valence-corrected chi connectivity index (χ2v) is 30.3. The molecule has 0 radical (unpaired) electrons. The van der Waals surface area contributed by atoms with Crippen molar-refractivity contribution < 1.29 is 34.3 Å². The number of H-pyrrole nitrogens is 2. The molecule has 0 atom stereocenters. The summed E-state index contributed by atoms with van der Waals surface area (Å²) in [5.41, 5.74) is 27.7. The Morgan fingerprint density at radius 1 is 0.421 bits per heavy atom. The molecule has 0 aliphatic carbocycles. The Labute approximate surface area is 687 Å². The molecule has 15 rings (SSSR count). The first-order valence-electron chi connectivity index (χ1n) is 39.8. The zero-order valence-corrected chi connectivity index (χ0v) is 70.9. The summed E-state index contributed by atoms with van der Waals surface area (Å²) in [6.45, 7) is 46.3. The molecule has 7 aromatic heterocycles. The lowest BCUT2D eigenvalue weighted by molar-refractivity contribution is 0.0377. The second-order valence-electron chi connectivity index (χ2n) is 29.7. The van der Waals surface area contributed by atoms with Crippen LogP contribution in [0, 0.1) is 76.2 Å². The van der Waals surface area contributed by atoms with E-state index >= 15 is 0 Å². The average Bonchev–Trinajstić information content (AvgIpc) is 1.64. The molecule has 0 saturated carbocycles. The lowest BCUT2D eigenvalue weighted by Crippen LogP contribution is -2.37. The first-order chi connectivity index (χ1) is 54.6. The summed E-state index contributed by atoms with van der Waals surface area (Å²) < 4.78 is 25.7. The summed E-state index contributed by atoms with van der Waals surface area (Å²) in [4.78, 5) is 47.8. The van der Waals surface area contributed by atoms with Gasteiger partial charge >= 0.3 is 0 Å². The maximum atomic E-state index is 10.3. The Morgan fingerprint density at radius 2 is 0.807 bits per heavy atom. The minimum absolute atomic E-state index is 0. The van der Waals surface area contributed by atoms with Gasteiger partial charge in [0.15, 0.2) is 0 Å². The van der Waals surface area contributed by atoms with E-state index in [0.717, 1.165) is 273 Å². The van der Waals surface area contributed by atoms with Crippen LogP contribution in [-0.4, -0.2) is 246 Å². The fourth-order valence-electron chi connectivity index (χ4n) is 14.4. The lowest BCUT2D eigenvalue weighted by Gasteiger charge is -2.26. The number of nitrogens with zero attached hydrogens (tertiary/aromatic N) is 13. The van der Waals surface area contributed by atoms with Crippen LogP contribution in [0.25, 0.3) is 44.1 Å². The number of hydrogen-bond donors (Lipinski definition) is 9. The fraction of sp³-hybridized carbons (Fsp3) is 0.494. The van der Waals surface area contributed by atoms with Crippen LogP contribution < -0.4 is 21.7 Å². The SMILES string of the molecule is Cc1cc(C)c2c(c1)nc(NCCCN1CCOCC1)n2Cc1nc(C)ccc1O.Cc1cc(C)c2nc(Cl)[nH]c2c1.Cc1cc(C)c2nc(NCCCN3CCOCC3)[nH]c2c1.Cc1cc(C)c2nc(NCCCN3CCOCC3)n(Cc3nc(C)ccc3O)c2c1.Cc1ccc(O)c(CCl)n1.Cl.NCCCN1CCOCC1. The first kappa shape index (κ1) is 89.5. The van der Waals surface area contributed by atoms with E-state index in [0.29, 0.717) is 35.5 Å². The fourth-order valence-corrected chi connectivity index (χ4v) is 14.8. The number of alkyl halides is 1. The van der Waals surface area contributed by atoms with Crippen molar-refractivity contribution in [3.05, 3.63) is 169 Å². The van der Waals surface area contributed by atoms with Crippen molar-refractivity contribution in [2.24, 2.45) is 5.73 Å². The Balaban J connectivity index is 0.000000165. The minimum Gasteiger partial charge on any atom is -0.506 e. The molecule has 114 heavy (non-hydrogen) atoms. The summed E-state index contributed by atoms with van der Waals surface area (Å²) in [6, 6.07) is 27.5. The number of anilines is 3. The quantitative estimate of drug-likeness (QED) is 0.0212. The van der Waals surface area contributed by atoms with Gasteiger partial charge < -0.3 is 75.1 Å². The van der Waals surface area contributed by atoms with Crippen molar-refractivity contribution in [3.63, 3.8) is 0 Å². The molecule has 0 spiro atoms. The number of fused-ring (bicyclic) bond motifs is 4. The van der Waals surface area contributed by atoms with Gasteiger partial charge in [-0.1, -0.05) is 24.3 Å². The molecule has 10 N–H and O–H groups in total. The third-order valence-corrected chi connectivity index (χ3v) is 20.5. The molecule has 11 aromatic rings. The molecule has 4 aromatic carbocycles. The van der Waals surface area contributed by atoms with Crippen LogP contribution in [0.4, 0.5) is 17.8 Å². The number of morpholine rings is 4. The van der Waals surface area contributed by atoms with Crippen LogP contribution in [0.1, 0.15) is 104 Å². The summed E-state index contributed by atoms with van der Waals surface area (Å²) >= 11 is 11.2. The van der Waals surface area contributed by atoms with Gasteiger partial charge in [-0.05, 0) is 251 Å². The average molecular weight is 1630 g/mol. The van der Waals surface area contributed by atoms with E-state index in [1.54, 1.807) is 24.3 Å². The first-order valence-corrected chi connectivity index (χ1v) is 40.7. The van der Waals surface area contributed by atoms with Gasteiger partial charge in [0, 0.05) is 89.1 Å². The predicted octanol–water partition coefficient (Wildman–Crippen LogP) is 13.6. The third-order valence-electron chi connectivity index (χ3n) is 20.1. The Morgan fingerprint density at radius 3 is 1.27 bits per heavy atom. The number of benzene rings is 4. The molecule has 4 aliphatic rings. The Bertz CT molecular complexity index is 4790. The van der Waals surface area contributed by atoms with Crippen molar-refractivity contribution in [2.45, 2.75) is 121 Å². The highest BCUT2D eigenvalue weighted by atomic mass is 35.5. The topological polar surface area (TPSA) is 304 Å². The van der Waals surface area contributed by atoms with Gasteiger partial charge in [-0.15, -0.1) is 24.0 Å². The van der Waals surface area contributed by atoms with Gasteiger partial charge in [0.05, 0.1) is 122 Å². The van der Waals surface area contributed by atoms with E-state index in [-0.39, 0.29) is 35.5 Å². The summed E-state index contributed by atoms with van der Waals surface area (Å²) in [5, 5.41) is 40.7. The van der Waals surface area contributed by atoms with Gasteiger partial charge in [-0.25, -0.2) is 19.9 Å². The van der Waals surface area contributed by atoms with Gasteiger partial charge in [0.2, 0.25) is 23.1 Å². The van der Waals surface area contributed by atoms with E-state index < -0.39 is 0 Å². The molecule has 0 bridgehead atoms. The molecule has 4 aliphatic heterocycles. The van der Waals surface area contributed by atoms with Gasteiger partial charge in [-0.2, -0.15) is 0 Å². The molecule has 0 unspecified atom stereocenters. The van der Waals surface area contributed by atoms with Crippen LogP contribution in [-0.2, 0) is 37.9 Å². The van der Waals surface area contributed by atoms with E-state index in [1.165, 1.54) is 33.4 Å². The summed E-state index contributed by atoms with van der Waals surface area (Å²) in [5.74, 6) is 3.37. The highest BCUT2D eigenvalue weighted by molar-refractivity contribution is 6.29. The van der Waals surface area contributed by atoms with E-state index in [2.05, 4.69) is 171 Å². The molecular weight excluding hydrogens is 1510 g/mol. The van der Waals surface area contributed by atoms with Gasteiger partial charge in [0.1, 0.15) is 28.6 Å². The number of pyridine rings is 3. The third kappa shape index (κ3) is 26.8. The number of aromatic amines is 2. The normalized spacial score (nSPS) is 14.8. The number of imidazole rings is 4. The molecule has 4 fully saturated rings. The second kappa shape index (κ2) is 45.1. The highest BCUT2D eigenvalue weighted by Gasteiger charge is 2.21. The number of aromatic nitrogens is 11. The molecule has 26 nitrogen and oxygen atoms in total. The highest BCUT2D eigenvalue weighted by Crippen LogP contribution is 2.31. The largest absolute Gasteiger partial charge is 0.506 e. The van der Waals surface area contributed by atoms with Crippen molar-refractivity contribution in [1.29, 1.82) is 0 Å². The monoisotopic (exact) mass is 1620 g/mol. The minimum atomic E-state index is 0. The number of nitrogens with one attached hydrogen (secondary N) is 5. The number of rotatable bonds is 23. The van der Waals surface area contributed by atoms with Crippen LogP contribution >= 0.6 is 35.6 Å². The van der Waals surface area contributed by atoms with Crippen molar-refractivity contribution >= 4 is 97.6 Å². The smallest absolute Gasteiger partial charge is 0.204 e. The number of aromatic hydroxyl groups is 3. The molecule has 618 valence electrons. The lowest BCUT2D eigenvalue weighted by atomic mass is 10.1. The summed E-state index contributed by atoms with van der Waals surface area (Å²) in [6.07, 6.45) is 4.30. The molecule has 29 heteroatoms. The maximum Gasteiger partial charge on any atom is 0.204 e. The molecule has 11 heterocycles. The van der Waals surface area contributed by atoms with Crippen LogP contribution in [0.5, 0.6) is 17.2 Å². The number of nitrogens with two attached hydrogens (primary N) is 1. The van der Waals surface area contributed by atoms with Crippen molar-refractivity contribution in [1.82, 2.24) is 73.6 Å². The number of hydrogen-bond acceptors (Lipinski definition) is 22. The number of ether oxygens (including phenoxy) is 4. The standard InChI is InChI=1S/2C23H31N5O2.C16H24N4O.C9H9ClN2.C7H8ClNO.C7H16N2O.ClH/c1-16-13-17(2)22-20(14-16)28(15-19-21(29)6-5-18(3)25-19)23(26-22)24-7-4-8-27-9-11-30-12-10-27;1-16-13-17(2)22-19(14-16)26-23(24-7-4-8-27-9-11-30-12-10-27)28(22)15-20-21(29)6-5-18(3)25-20;1-12-10-13(2)15-14(11-12)18-16(19-15)17-4-3-5-20-6-8-21-9-7-20;1-5-3-6(2)8-7(4-5)11-9(10)12-8;1-5-2-3-7(10)6(4-8)9-5;8-2-1-3-9-4-6-10-7-5-9;/h2*5-6,13-14,29H,4,7-12,15H2,1-3H3,(H,24,26);10-11H,3-9H2,1-2H3,(H2,17,18,19);3-4H,1-2H3,(H,11,12);2-3,10H,4H2,1H3;1-8H2;1H. The maximum absolute atomic E-state index is 10.3. The van der Waals surface area contributed by atoms with Crippen LogP contribution in [0.3, 0.4) is 0 Å². The van der Waals surface area contributed by atoms with Crippen molar-refractivity contribution in [3.8, 4) is 17.2 Å². The van der Waals surface area contributed by atoms with Crippen LogP contribution in [0.15, 0.2) is 84.9 Å². The Hall–Kier alpha value is -8.48. The number of halogens is 3. The van der Waals surface area contributed by atoms with E-state index in [4.69, 9.17) is 63.0 Å². The van der Waals surface area contributed by atoms with Gasteiger partial charge in [-0.3, -0.25) is 34.6 Å². The van der Waals surface area contributed by atoms with Gasteiger partial charge in [0.25, 0.3) is 0 Å². The Kier molecular flexibility index (Phi) is 35.4. The van der Waals surface area contributed by atoms with E-state index in [9.17, 15) is 10.2 Å². The molecular formula is C85H120Cl3N19O7. The van der Waals surface area contributed by atoms with E-state index in [1.807, 2.05) is 45.9 Å². The zero-order chi connectivity index (χ0) is 80.3. The number of aryl methyl sites for hydroxylation is 11.